The minimum absolute atomic E-state index is 0.464. The van der Waals surface area contributed by atoms with Crippen molar-refractivity contribution in [2.24, 2.45) is 17.6 Å². The van der Waals surface area contributed by atoms with Gasteiger partial charge in [-0.15, -0.1) is 0 Å². The summed E-state index contributed by atoms with van der Waals surface area (Å²) in [7, 11) is 3.40. The summed E-state index contributed by atoms with van der Waals surface area (Å²) in [6.45, 7) is 7.12. The molecule has 0 spiro atoms. The fraction of sp³-hybridized carbons (Fsp3) is 0.600. The van der Waals surface area contributed by atoms with Crippen LogP contribution in [0.15, 0.2) is 12.1 Å². The fourth-order valence-corrected chi connectivity index (χ4v) is 2.15. The summed E-state index contributed by atoms with van der Waals surface area (Å²) in [5.74, 6) is 2.86. The second-order valence-corrected chi connectivity index (χ2v) is 5.08. The number of hydrogen-bond donors (Lipinski definition) is 1. The molecule has 2 N–H and O–H groups in total. The van der Waals surface area contributed by atoms with Gasteiger partial charge in [-0.1, -0.05) is 13.8 Å². The predicted molar refractivity (Wildman–Crippen MR) is 75.4 cm³/mol. The van der Waals surface area contributed by atoms with Crippen LogP contribution >= 0.6 is 0 Å². The van der Waals surface area contributed by atoms with E-state index in [2.05, 4.69) is 19.9 Å². The molecule has 3 nitrogen and oxygen atoms in total. The molecule has 0 radical (unpaired) electrons. The van der Waals surface area contributed by atoms with Crippen molar-refractivity contribution in [3.8, 4) is 11.5 Å². The number of rotatable bonds is 6. The van der Waals surface area contributed by atoms with E-state index in [4.69, 9.17) is 15.2 Å². The molecule has 0 aliphatic carbocycles. The third-order valence-electron chi connectivity index (χ3n) is 3.53. The van der Waals surface area contributed by atoms with Crippen LogP contribution in [0.2, 0.25) is 0 Å². The summed E-state index contributed by atoms with van der Waals surface area (Å²) < 4.78 is 10.8. The van der Waals surface area contributed by atoms with E-state index in [9.17, 15) is 0 Å². The van der Waals surface area contributed by atoms with Crippen molar-refractivity contribution in [1.29, 1.82) is 0 Å². The molecule has 1 aromatic rings. The van der Waals surface area contributed by atoms with Crippen molar-refractivity contribution in [3.05, 3.63) is 23.3 Å². The highest BCUT2D eigenvalue weighted by atomic mass is 16.5. The van der Waals surface area contributed by atoms with Gasteiger partial charge in [-0.25, -0.2) is 0 Å². The van der Waals surface area contributed by atoms with Crippen molar-refractivity contribution < 1.29 is 9.47 Å². The smallest absolute Gasteiger partial charge is 0.122 e. The van der Waals surface area contributed by atoms with Crippen LogP contribution in [0.4, 0.5) is 0 Å². The van der Waals surface area contributed by atoms with Gasteiger partial charge in [0.15, 0.2) is 0 Å². The molecule has 0 aliphatic heterocycles. The second-order valence-electron chi connectivity index (χ2n) is 5.08. The van der Waals surface area contributed by atoms with Crippen LogP contribution in [0.5, 0.6) is 11.5 Å². The monoisotopic (exact) mass is 251 g/mol. The molecule has 1 rings (SSSR count). The Morgan fingerprint density at radius 2 is 1.72 bits per heavy atom. The molecular weight excluding hydrogens is 226 g/mol. The Hall–Kier alpha value is -1.22. The maximum absolute atomic E-state index is 5.84. The van der Waals surface area contributed by atoms with Crippen LogP contribution in [0.3, 0.4) is 0 Å². The number of benzene rings is 1. The third-order valence-corrected chi connectivity index (χ3v) is 3.53. The number of nitrogens with two attached hydrogens (primary N) is 1. The summed E-state index contributed by atoms with van der Waals surface area (Å²) in [6.07, 6.45) is 0.925. The normalized spacial score (nSPS) is 12.6. The lowest BCUT2D eigenvalue weighted by Crippen LogP contribution is -2.22. The maximum Gasteiger partial charge on any atom is 0.122 e. The summed E-state index contributed by atoms with van der Waals surface area (Å²) in [4.78, 5) is 0. The van der Waals surface area contributed by atoms with E-state index in [1.807, 2.05) is 13.0 Å². The van der Waals surface area contributed by atoms with E-state index in [1.54, 1.807) is 14.2 Å². The van der Waals surface area contributed by atoms with E-state index < -0.39 is 0 Å². The molecule has 1 aromatic carbocycles. The zero-order valence-electron chi connectivity index (χ0n) is 12.1. The van der Waals surface area contributed by atoms with E-state index >= 15 is 0 Å². The van der Waals surface area contributed by atoms with Crippen molar-refractivity contribution in [2.75, 3.05) is 20.8 Å². The molecule has 0 heterocycles. The van der Waals surface area contributed by atoms with Crippen molar-refractivity contribution >= 4 is 0 Å². The first-order valence-electron chi connectivity index (χ1n) is 6.45. The molecule has 0 saturated carbocycles. The number of methoxy groups -OCH3 is 2. The Morgan fingerprint density at radius 1 is 1.11 bits per heavy atom. The highest BCUT2D eigenvalue weighted by Crippen LogP contribution is 2.31. The van der Waals surface area contributed by atoms with Crippen molar-refractivity contribution in [3.63, 3.8) is 0 Å². The van der Waals surface area contributed by atoms with E-state index in [0.717, 1.165) is 23.5 Å². The molecule has 0 saturated heterocycles. The average molecular weight is 251 g/mol. The molecule has 0 fully saturated rings. The topological polar surface area (TPSA) is 44.5 Å². The van der Waals surface area contributed by atoms with Crippen LogP contribution in [0, 0.1) is 18.8 Å². The lowest BCUT2D eigenvalue weighted by Gasteiger charge is -2.21. The van der Waals surface area contributed by atoms with Gasteiger partial charge in [0.2, 0.25) is 0 Å². The minimum Gasteiger partial charge on any atom is -0.496 e. The number of ether oxygens (including phenoxy) is 2. The summed E-state index contributed by atoms with van der Waals surface area (Å²) in [5, 5.41) is 0. The molecular formula is C15H25NO2. The number of hydrogen-bond acceptors (Lipinski definition) is 3. The Morgan fingerprint density at radius 3 is 2.17 bits per heavy atom. The van der Waals surface area contributed by atoms with Gasteiger partial charge >= 0.3 is 0 Å². The highest BCUT2D eigenvalue weighted by molar-refractivity contribution is 5.46. The number of aryl methyl sites for hydroxylation is 1. The SMILES string of the molecule is COc1cc(CC(CN)C(C)C)c(OC)cc1C. The lowest BCUT2D eigenvalue weighted by atomic mass is 9.88. The van der Waals surface area contributed by atoms with Crippen LogP contribution in [-0.4, -0.2) is 20.8 Å². The molecule has 3 heteroatoms. The zero-order valence-corrected chi connectivity index (χ0v) is 12.1. The minimum atomic E-state index is 0.464. The Bertz CT molecular complexity index is 388. The first-order chi connectivity index (χ1) is 8.53. The Balaban J connectivity index is 3.05. The van der Waals surface area contributed by atoms with E-state index in [1.165, 1.54) is 5.56 Å². The van der Waals surface area contributed by atoms with Gasteiger partial charge in [0.05, 0.1) is 14.2 Å². The fourth-order valence-electron chi connectivity index (χ4n) is 2.15. The van der Waals surface area contributed by atoms with Crippen LogP contribution in [0.1, 0.15) is 25.0 Å². The van der Waals surface area contributed by atoms with Crippen LogP contribution in [-0.2, 0) is 6.42 Å². The molecule has 102 valence electrons. The Kier molecular flexibility index (Phi) is 5.48. The van der Waals surface area contributed by atoms with Gasteiger partial charge in [-0.2, -0.15) is 0 Å². The molecule has 0 aliphatic rings. The van der Waals surface area contributed by atoms with Gasteiger partial charge in [-0.05, 0) is 55.0 Å². The Labute approximate surface area is 110 Å². The van der Waals surface area contributed by atoms with E-state index in [-0.39, 0.29) is 0 Å². The van der Waals surface area contributed by atoms with Gasteiger partial charge < -0.3 is 15.2 Å². The summed E-state index contributed by atoms with van der Waals surface area (Å²) in [6, 6.07) is 4.10. The molecule has 0 amide bonds. The molecule has 1 atom stereocenters. The zero-order chi connectivity index (χ0) is 13.7. The lowest BCUT2D eigenvalue weighted by molar-refractivity contribution is 0.368. The molecule has 0 bridgehead atoms. The van der Waals surface area contributed by atoms with Crippen LogP contribution in [0.25, 0.3) is 0 Å². The van der Waals surface area contributed by atoms with Crippen LogP contribution < -0.4 is 15.2 Å². The first kappa shape index (κ1) is 14.8. The van der Waals surface area contributed by atoms with Gasteiger partial charge in [0.1, 0.15) is 11.5 Å². The van der Waals surface area contributed by atoms with Gasteiger partial charge in [0, 0.05) is 0 Å². The third kappa shape index (κ3) is 3.39. The van der Waals surface area contributed by atoms with Crippen molar-refractivity contribution in [1.82, 2.24) is 0 Å². The summed E-state index contributed by atoms with van der Waals surface area (Å²) >= 11 is 0. The standard InChI is InChI=1S/C15H25NO2/c1-10(2)13(9-16)7-12-8-14(17-4)11(3)6-15(12)18-5/h6,8,10,13H,7,9,16H2,1-5H3. The quantitative estimate of drug-likeness (QED) is 0.845. The molecule has 0 aromatic heterocycles. The average Bonchev–Trinajstić information content (AvgIpc) is 2.36. The maximum atomic E-state index is 5.84. The first-order valence-corrected chi connectivity index (χ1v) is 6.45. The molecule has 18 heavy (non-hydrogen) atoms. The highest BCUT2D eigenvalue weighted by Gasteiger charge is 2.16. The summed E-state index contributed by atoms with van der Waals surface area (Å²) in [5.41, 5.74) is 8.10. The van der Waals surface area contributed by atoms with Gasteiger partial charge in [0.25, 0.3) is 0 Å². The second kappa shape index (κ2) is 6.64. The van der Waals surface area contributed by atoms with Crippen molar-refractivity contribution in [2.45, 2.75) is 27.2 Å². The largest absolute Gasteiger partial charge is 0.496 e. The van der Waals surface area contributed by atoms with Gasteiger partial charge in [-0.3, -0.25) is 0 Å². The van der Waals surface area contributed by atoms with E-state index in [0.29, 0.717) is 18.4 Å². The molecule has 1 unspecified atom stereocenters. The predicted octanol–water partition coefficient (Wildman–Crippen LogP) is 2.79.